The number of nitrogens with one attached hydrogen (secondary N) is 1. The third-order valence-corrected chi connectivity index (χ3v) is 4.29. The van der Waals surface area contributed by atoms with Crippen LogP contribution in [0.2, 0.25) is 0 Å². The predicted octanol–water partition coefficient (Wildman–Crippen LogP) is 3.69. The zero-order chi connectivity index (χ0) is 19.1. The van der Waals surface area contributed by atoms with Gasteiger partial charge >= 0.3 is 0 Å². The van der Waals surface area contributed by atoms with Gasteiger partial charge in [-0.15, -0.1) is 0 Å². The van der Waals surface area contributed by atoms with Crippen LogP contribution in [0.15, 0.2) is 83.5 Å². The van der Waals surface area contributed by atoms with Crippen LogP contribution in [0.25, 0.3) is 0 Å². The highest BCUT2D eigenvalue weighted by molar-refractivity contribution is 5.88. The molecule has 0 saturated carbocycles. The van der Waals surface area contributed by atoms with Crippen molar-refractivity contribution in [2.75, 3.05) is 0 Å². The normalized spacial score (nSPS) is 11.6. The molecule has 3 aromatic rings. The Balaban J connectivity index is 1.87. The van der Waals surface area contributed by atoms with E-state index in [1.807, 2.05) is 60.7 Å². The summed E-state index contributed by atoms with van der Waals surface area (Å²) in [5, 5.41) is 2.88. The molecule has 1 heterocycles. The zero-order valence-electron chi connectivity index (χ0n) is 15.2. The number of furan rings is 1. The van der Waals surface area contributed by atoms with Crippen LogP contribution in [0.1, 0.15) is 29.9 Å². The lowest BCUT2D eigenvalue weighted by Crippen LogP contribution is -2.42. The minimum atomic E-state index is -0.723. The maximum Gasteiger partial charge on any atom is 0.247 e. The molecule has 138 valence electrons. The van der Waals surface area contributed by atoms with Crippen molar-refractivity contribution in [3.63, 3.8) is 0 Å². The summed E-state index contributed by atoms with van der Waals surface area (Å²) in [6.45, 7) is 2.11. The van der Waals surface area contributed by atoms with Gasteiger partial charge in [0.1, 0.15) is 11.8 Å². The molecule has 0 fully saturated rings. The van der Waals surface area contributed by atoms with E-state index < -0.39 is 6.04 Å². The molecule has 0 radical (unpaired) electrons. The Bertz CT molecular complexity index is 861. The minimum absolute atomic E-state index is 0.166. The molecule has 0 aliphatic carbocycles. The van der Waals surface area contributed by atoms with Gasteiger partial charge in [0.25, 0.3) is 0 Å². The fourth-order valence-electron chi connectivity index (χ4n) is 2.96. The van der Waals surface area contributed by atoms with Crippen LogP contribution in [0.3, 0.4) is 0 Å². The highest BCUT2D eigenvalue weighted by Gasteiger charge is 2.29. The topological polar surface area (TPSA) is 62.6 Å². The van der Waals surface area contributed by atoms with Crippen molar-refractivity contribution < 1.29 is 14.0 Å². The molecule has 0 aliphatic rings. The Morgan fingerprint density at radius 3 is 2.22 bits per heavy atom. The Hall–Kier alpha value is -3.34. The van der Waals surface area contributed by atoms with Crippen LogP contribution in [0, 0.1) is 0 Å². The Kier molecular flexibility index (Phi) is 6.05. The summed E-state index contributed by atoms with van der Waals surface area (Å²) in [5.74, 6) is 0.247. The largest absolute Gasteiger partial charge is 0.467 e. The van der Waals surface area contributed by atoms with Crippen molar-refractivity contribution >= 4 is 11.8 Å². The third kappa shape index (κ3) is 4.85. The van der Waals surface area contributed by atoms with Gasteiger partial charge in [0.15, 0.2) is 0 Å². The van der Waals surface area contributed by atoms with Crippen molar-refractivity contribution in [3.05, 3.63) is 95.9 Å². The fourth-order valence-corrected chi connectivity index (χ4v) is 2.96. The summed E-state index contributed by atoms with van der Waals surface area (Å²) in [4.78, 5) is 27.0. The fraction of sp³-hybridized carbons (Fsp3) is 0.182. The second-order valence-corrected chi connectivity index (χ2v) is 6.24. The second-order valence-electron chi connectivity index (χ2n) is 6.24. The zero-order valence-corrected chi connectivity index (χ0v) is 15.2. The Morgan fingerprint density at radius 2 is 1.63 bits per heavy atom. The lowest BCUT2D eigenvalue weighted by molar-refractivity contribution is -0.140. The van der Waals surface area contributed by atoms with E-state index >= 15 is 0 Å². The van der Waals surface area contributed by atoms with Gasteiger partial charge < -0.3 is 14.6 Å². The van der Waals surface area contributed by atoms with E-state index in [1.165, 1.54) is 6.92 Å². The van der Waals surface area contributed by atoms with Gasteiger partial charge in [-0.05, 0) is 23.3 Å². The number of hydrogen-bond acceptors (Lipinski definition) is 3. The summed E-state index contributed by atoms with van der Waals surface area (Å²) in [5.41, 5.74) is 1.73. The van der Waals surface area contributed by atoms with E-state index in [2.05, 4.69) is 5.32 Å². The smallest absolute Gasteiger partial charge is 0.247 e. The van der Waals surface area contributed by atoms with Crippen molar-refractivity contribution in [2.24, 2.45) is 0 Å². The lowest BCUT2D eigenvalue weighted by Gasteiger charge is -2.30. The van der Waals surface area contributed by atoms with Crippen molar-refractivity contribution in [1.82, 2.24) is 10.2 Å². The third-order valence-electron chi connectivity index (χ3n) is 4.29. The number of nitrogens with zero attached hydrogens (tertiary/aromatic N) is 1. The number of rotatable bonds is 7. The molecular formula is C22H22N2O3. The minimum Gasteiger partial charge on any atom is -0.467 e. The van der Waals surface area contributed by atoms with E-state index in [0.717, 1.165) is 11.1 Å². The van der Waals surface area contributed by atoms with Crippen LogP contribution in [0.5, 0.6) is 0 Å². The van der Waals surface area contributed by atoms with Gasteiger partial charge in [-0.25, -0.2) is 0 Å². The van der Waals surface area contributed by atoms with Gasteiger partial charge in [0, 0.05) is 13.5 Å². The maximum atomic E-state index is 13.0. The van der Waals surface area contributed by atoms with Gasteiger partial charge in [0.05, 0.1) is 12.8 Å². The van der Waals surface area contributed by atoms with Crippen LogP contribution < -0.4 is 5.32 Å². The summed E-state index contributed by atoms with van der Waals surface area (Å²) in [6.07, 6.45) is 1.56. The summed E-state index contributed by atoms with van der Waals surface area (Å²) in [6, 6.07) is 21.8. The molecule has 5 heteroatoms. The SMILES string of the molecule is CC(=O)N(Cc1ccccc1)[C@H](C(=O)NCc1ccco1)c1ccccc1. The molecule has 0 spiro atoms. The first-order valence-corrected chi connectivity index (χ1v) is 8.81. The monoisotopic (exact) mass is 362 g/mol. The maximum absolute atomic E-state index is 13.0. The molecule has 1 atom stereocenters. The van der Waals surface area contributed by atoms with Gasteiger partial charge in [-0.3, -0.25) is 9.59 Å². The molecule has 1 N–H and O–H groups in total. The van der Waals surface area contributed by atoms with E-state index in [1.54, 1.807) is 23.3 Å². The Labute approximate surface area is 158 Å². The predicted molar refractivity (Wildman–Crippen MR) is 102 cm³/mol. The first-order valence-electron chi connectivity index (χ1n) is 8.81. The quantitative estimate of drug-likeness (QED) is 0.697. The van der Waals surface area contributed by atoms with E-state index in [0.29, 0.717) is 12.3 Å². The molecule has 0 aliphatic heterocycles. The van der Waals surface area contributed by atoms with Gasteiger partial charge in [-0.1, -0.05) is 60.7 Å². The van der Waals surface area contributed by atoms with E-state index in [4.69, 9.17) is 4.42 Å². The number of carbonyl (C=O) groups is 2. The molecule has 2 amide bonds. The van der Waals surface area contributed by atoms with E-state index in [9.17, 15) is 9.59 Å². The molecule has 0 saturated heterocycles. The van der Waals surface area contributed by atoms with Gasteiger partial charge in [-0.2, -0.15) is 0 Å². The van der Waals surface area contributed by atoms with Crippen LogP contribution in [-0.4, -0.2) is 16.7 Å². The number of hydrogen-bond donors (Lipinski definition) is 1. The highest BCUT2D eigenvalue weighted by Crippen LogP contribution is 2.24. The summed E-state index contributed by atoms with van der Waals surface area (Å²) >= 11 is 0. The highest BCUT2D eigenvalue weighted by atomic mass is 16.3. The molecular weight excluding hydrogens is 340 g/mol. The Morgan fingerprint density at radius 1 is 0.963 bits per heavy atom. The average molecular weight is 362 g/mol. The summed E-state index contributed by atoms with van der Waals surface area (Å²) < 4.78 is 5.28. The van der Waals surface area contributed by atoms with Crippen LogP contribution >= 0.6 is 0 Å². The van der Waals surface area contributed by atoms with Crippen molar-refractivity contribution in [3.8, 4) is 0 Å². The molecule has 1 aromatic heterocycles. The number of benzene rings is 2. The first kappa shape index (κ1) is 18.5. The van der Waals surface area contributed by atoms with Crippen molar-refractivity contribution in [1.29, 1.82) is 0 Å². The first-order chi connectivity index (χ1) is 13.1. The standard InChI is InChI=1S/C22H22N2O3/c1-17(25)24(16-18-9-4-2-5-10-18)21(19-11-6-3-7-12-19)22(26)23-15-20-13-8-14-27-20/h2-14,21H,15-16H2,1H3,(H,23,26)/t21-/m0/s1. The molecule has 5 nitrogen and oxygen atoms in total. The van der Waals surface area contributed by atoms with Crippen molar-refractivity contribution in [2.45, 2.75) is 26.1 Å². The van der Waals surface area contributed by atoms with Gasteiger partial charge in [0.2, 0.25) is 11.8 Å². The molecule has 2 aromatic carbocycles. The molecule has 27 heavy (non-hydrogen) atoms. The lowest BCUT2D eigenvalue weighted by atomic mass is 10.0. The number of carbonyl (C=O) groups excluding carboxylic acids is 2. The second kappa shape index (κ2) is 8.85. The number of amides is 2. The molecule has 0 unspecified atom stereocenters. The van der Waals surface area contributed by atoms with Crippen LogP contribution in [-0.2, 0) is 22.7 Å². The van der Waals surface area contributed by atoms with Crippen LogP contribution in [0.4, 0.5) is 0 Å². The molecule has 0 bridgehead atoms. The molecule has 3 rings (SSSR count). The average Bonchev–Trinajstić information content (AvgIpc) is 3.21. The van der Waals surface area contributed by atoms with E-state index in [-0.39, 0.29) is 18.4 Å². The summed E-state index contributed by atoms with van der Waals surface area (Å²) in [7, 11) is 0.